The lowest BCUT2D eigenvalue weighted by Crippen LogP contribution is -2.12. The Morgan fingerprint density at radius 1 is 1.29 bits per heavy atom. The number of benzene rings is 1. The molecule has 9 heteroatoms. The number of nitrogens with zero attached hydrogens (tertiary/aromatic N) is 4. The molecule has 0 saturated carbocycles. The van der Waals surface area contributed by atoms with Gasteiger partial charge in [-0.3, -0.25) is 4.79 Å². The lowest BCUT2D eigenvalue weighted by Gasteiger charge is -2.13. The molecule has 0 aliphatic carbocycles. The highest BCUT2D eigenvalue weighted by molar-refractivity contribution is 5.69. The van der Waals surface area contributed by atoms with Crippen LogP contribution in [0.2, 0.25) is 0 Å². The van der Waals surface area contributed by atoms with Gasteiger partial charge in [-0.15, -0.1) is 10.2 Å². The third-order valence-electron chi connectivity index (χ3n) is 3.30. The summed E-state index contributed by atoms with van der Waals surface area (Å²) in [5.41, 5.74) is 0.256. The molecule has 0 radical (unpaired) electrons. The van der Waals surface area contributed by atoms with Crippen molar-refractivity contribution >= 4 is 5.97 Å². The Labute approximate surface area is 136 Å². The van der Waals surface area contributed by atoms with Crippen molar-refractivity contribution in [2.45, 2.75) is 39.4 Å². The van der Waals surface area contributed by atoms with Crippen LogP contribution in [0.1, 0.15) is 35.9 Å². The van der Waals surface area contributed by atoms with Gasteiger partial charge in [0, 0.05) is 6.42 Å². The second kappa shape index (κ2) is 7.41. The number of ether oxygens (including phenoxy) is 1. The molecule has 2 aromatic rings. The molecule has 0 atom stereocenters. The first-order valence-electron chi connectivity index (χ1n) is 7.38. The Morgan fingerprint density at radius 3 is 2.62 bits per heavy atom. The molecule has 0 saturated heterocycles. The van der Waals surface area contributed by atoms with E-state index in [1.54, 1.807) is 13.8 Å². The Hall–Kier alpha value is -2.45. The van der Waals surface area contributed by atoms with Gasteiger partial charge < -0.3 is 4.74 Å². The summed E-state index contributed by atoms with van der Waals surface area (Å²) in [6.07, 6.45) is -4.07. The zero-order valence-electron chi connectivity index (χ0n) is 13.3. The minimum atomic E-state index is -4.44. The van der Waals surface area contributed by atoms with Gasteiger partial charge in [0.15, 0.2) is 5.82 Å². The van der Waals surface area contributed by atoms with E-state index >= 15 is 0 Å². The zero-order valence-corrected chi connectivity index (χ0v) is 13.3. The summed E-state index contributed by atoms with van der Waals surface area (Å²) >= 11 is 0. The fraction of sp³-hybridized carbons (Fsp3) is 0.467. The predicted molar refractivity (Wildman–Crippen MR) is 78.1 cm³/mol. The number of alkyl halides is 3. The highest BCUT2D eigenvalue weighted by Crippen LogP contribution is 2.31. The first kappa shape index (κ1) is 17.9. The zero-order chi connectivity index (χ0) is 17.7. The summed E-state index contributed by atoms with van der Waals surface area (Å²) < 4.78 is 43.6. The van der Waals surface area contributed by atoms with Crippen LogP contribution in [0.5, 0.6) is 0 Å². The highest BCUT2D eigenvalue weighted by Gasteiger charge is 2.31. The van der Waals surface area contributed by atoms with E-state index in [0.29, 0.717) is 17.0 Å². The lowest BCUT2D eigenvalue weighted by molar-refractivity contribution is -0.143. The molecule has 0 aliphatic rings. The summed E-state index contributed by atoms with van der Waals surface area (Å²) in [5.74, 6) is 0.0353. The quantitative estimate of drug-likeness (QED) is 0.755. The van der Waals surface area contributed by atoms with Crippen LogP contribution in [-0.2, 0) is 28.7 Å². The van der Waals surface area contributed by atoms with Crippen molar-refractivity contribution < 1.29 is 22.7 Å². The smallest absolute Gasteiger partial charge is 0.416 e. The minimum absolute atomic E-state index is 0.0446. The van der Waals surface area contributed by atoms with Gasteiger partial charge >= 0.3 is 12.1 Å². The number of aromatic nitrogens is 4. The molecule has 24 heavy (non-hydrogen) atoms. The predicted octanol–water partition coefficient (Wildman–Crippen LogP) is 2.54. The van der Waals surface area contributed by atoms with Gasteiger partial charge in [0.1, 0.15) is 0 Å². The molecule has 130 valence electrons. The van der Waals surface area contributed by atoms with Gasteiger partial charge in [-0.05, 0) is 48.7 Å². The van der Waals surface area contributed by atoms with Gasteiger partial charge in [0.05, 0.1) is 18.7 Å². The van der Waals surface area contributed by atoms with Crippen molar-refractivity contribution in [3.05, 3.63) is 40.7 Å². The molecule has 6 nitrogen and oxygen atoms in total. The Balaban J connectivity index is 2.25. The molecule has 0 amide bonds. The molecule has 2 rings (SSSR count). The van der Waals surface area contributed by atoms with Crippen LogP contribution >= 0.6 is 0 Å². The maximum Gasteiger partial charge on any atom is 0.416 e. The Morgan fingerprint density at radius 2 is 2.04 bits per heavy atom. The van der Waals surface area contributed by atoms with Crippen LogP contribution in [0.3, 0.4) is 0 Å². The van der Waals surface area contributed by atoms with E-state index < -0.39 is 17.7 Å². The van der Waals surface area contributed by atoms with Gasteiger partial charge in [-0.25, -0.2) is 0 Å². The van der Waals surface area contributed by atoms with Crippen LogP contribution in [0.4, 0.5) is 13.2 Å². The molecule has 1 aromatic heterocycles. The van der Waals surface area contributed by atoms with Crippen molar-refractivity contribution in [2.24, 2.45) is 0 Å². The number of hydrogen-bond acceptors (Lipinski definition) is 5. The molecule has 0 unspecified atom stereocenters. The van der Waals surface area contributed by atoms with Gasteiger partial charge in [-0.1, -0.05) is 6.07 Å². The normalized spacial score (nSPS) is 11.5. The number of tetrazole rings is 1. The summed E-state index contributed by atoms with van der Waals surface area (Å²) in [6, 6.07) is 3.43. The average Bonchev–Trinajstić information content (AvgIpc) is 2.90. The van der Waals surface area contributed by atoms with Crippen LogP contribution in [0, 0.1) is 6.92 Å². The fourth-order valence-electron chi connectivity index (χ4n) is 2.21. The third kappa shape index (κ3) is 4.77. The number of halogens is 3. The van der Waals surface area contributed by atoms with Crippen molar-refractivity contribution in [1.82, 2.24) is 20.2 Å². The second-order valence-electron chi connectivity index (χ2n) is 5.15. The van der Waals surface area contributed by atoms with E-state index in [1.165, 1.54) is 10.9 Å². The van der Waals surface area contributed by atoms with Crippen molar-refractivity contribution in [1.29, 1.82) is 0 Å². The largest absolute Gasteiger partial charge is 0.466 e. The molecule has 1 aromatic carbocycles. The molecule has 0 fully saturated rings. The fourth-order valence-corrected chi connectivity index (χ4v) is 2.21. The maximum absolute atomic E-state index is 12.9. The number of hydrogen-bond donors (Lipinski definition) is 0. The summed E-state index contributed by atoms with van der Waals surface area (Å²) in [6.45, 7) is 3.64. The molecular formula is C15H17F3N4O2. The van der Waals surface area contributed by atoms with Crippen molar-refractivity contribution in [2.75, 3.05) is 6.61 Å². The first-order chi connectivity index (χ1) is 11.3. The van der Waals surface area contributed by atoms with E-state index in [2.05, 4.69) is 15.4 Å². The summed E-state index contributed by atoms with van der Waals surface area (Å²) in [4.78, 5) is 12.7. The standard InChI is InChI=1S/C15H17F3N4O2/c1-3-24-14(23)7-5-11-4-6-13(15(16,17)18)8-12(11)9-22-20-10(2)19-21-22/h4,6,8H,3,5,7,9H2,1-2H3. The number of aryl methyl sites for hydroxylation is 2. The van der Waals surface area contributed by atoms with Crippen LogP contribution in [0.15, 0.2) is 18.2 Å². The van der Waals surface area contributed by atoms with Crippen LogP contribution in [0.25, 0.3) is 0 Å². The van der Waals surface area contributed by atoms with Crippen LogP contribution < -0.4 is 0 Å². The van der Waals surface area contributed by atoms with Gasteiger partial charge in [0.25, 0.3) is 0 Å². The third-order valence-corrected chi connectivity index (χ3v) is 3.30. The summed E-state index contributed by atoms with van der Waals surface area (Å²) in [7, 11) is 0. The van der Waals surface area contributed by atoms with E-state index in [4.69, 9.17) is 4.74 Å². The summed E-state index contributed by atoms with van der Waals surface area (Å²) in [5, 5.41) is 11.5. The van der Waals surface area contributed by atoms with Crippen molar-refractivity contribution in [3.8, 4) is 0 Å². The molecule has 1 heterocycles. The van der Waals surface area contributed by atoms with Crippen molar-refractivity contribution in [3.63, 3.8) is 0 Å². The van der Waals surface area contributed by atoms with Gasteiger partial charge in [-0.2, -0.15) is 18.0 Å². The second-order valence-corrected chi connectivity index (χ2v) is 5.15. The molecule has 0 spiro atoms. The van der Waals surface area contributed by atoms with Crippen LogP contribution in [-0.4, -0.2) is 32.8 Å². The van der Waals surface area contributed by atoms with E-state index in [-0.39, 0.29) is 26.0 Å². The van der Waals surface area contributed by atoms with E-state index in [1.807, 2.05) is 0 Å². The lowest BCUT2D eigenvalue weighted by atomic mass is 9.99. The number of esters is 1. The highest BCUT2D eigenvalue weighted by atomic mass is 19.4. The molecule has 0 aliphatic heterocycles. The maximum atomic E-state index is 12.9. The first-order valence-corrected chi connectivity index (χ1v) is 7.38. The topological polar surface area (TPSA) is 69.9 Å². The minimum Gasteiger partial charge on any atom is -0.466 e. The number of carbonyl (C=O) groups excluding carboxylic acids is 1. The Bertz CT molecular complexity index is 713. The van der Waals surface area contributed by atoms with E-state index in [9.17, 15) is 18.0 Å². The number of rotatable bonds is 6. The molecule has 0 bridgehead atoms. The SMILES string of the molecule is CCOC(=O)CCc1ccc(C(F)(F)F)cc1Cn1nnc(C)n1. The van der Waals surface area contributed by atoms with Gasteiger partial charge in [0.2, 0.25) is 0 Å². The average molecular weight is 342 g/mol. The molecular weight excluding hydrogens is 325 g/mol. The van der Waals surface area contributed by atoms with E-state index in [0.717, 1.165) is 12.1 Å². The molecule has 0 N–H and O–H groups in total. The number of carbonyl (C=O) groups is 1. The monoisotopic (exact) mass is 342 g/mol. The Kier molecular flexibility index (Phi) is 5.53.